The van der Waals surface area contributed by atoms with Gasteiger partial charge >= 0.3 is 0 Å². The van der Waals surface area contributed by atoms with Gasteiger partial charge in [-0.2, -0.15) is 0 Å². The molecule has 2 N–H and O–H groups in total. The third kappa shape index (κ3) is 6.19. The number of allylic oxidation sites excluding steroid dienone is 3. The Bertz CT molecular complexity index is 905. The lowest BCUT2D eigenvalue weighted by atomic mass is 10.1. The topological polar surface area (TPSA) is 71.5 Å². The van der Waals surface area contributed by atoms with Crippen LogP contribution >= 0.6 is 0 Å². The van der Waals surface area contributed by atoms with Crippen molar-refractivity contribution in [2.45, 2.75) is 53.4 Å². The van der Waals surface area contributed by atoms with Crippen molar-refractivity contribution in [1.82, 2.24) is 4.98 Å². The van der Waals surface area contributed by atoms with Crippen molar-refractivity contribution in [3.63, 3.8) is 0 Å². The molecule has 5 heteroatoms. The molecule has 0 unspecified atom stereocenters. The van der Waals surface area contributed by atoms with Gasteiger partial charge in [-0.15, -0.1) is 0 Å². The molecule has 28 heavy (non-hydrogen) atoms. The molecule has 0 fully saturated rings. The quantitative estimate of drug-likeness (QED) is 0.419. The summed E-state index contributed by atoms with van der Waals surface area (Å²) in [5.41, 5.74) is 2.63. The molecule has 0 amide bonds. The van der Waals surface area contributed by atoms with Crippen molar-refractivity contribution in [3.8, 4) is 17.2 Å². The molecule has 0 spiro atoms. The molecule has 0 aliphatic rings. The first-order chi connectivity index (χ1) is 13.4. The van der Waals surface area contributed by atoms with E-state index in [0.29, 0.717) is 29.9 Å². The number of unbranched alkanes of at least 4 members (excludes halogenated alkanes) is 1. The van der Waals surface area contributed by atoms with Crippen LogP contribution in [0.4, 0.5) is 0 Å². The van der Waals surface area contributed by atoms with E-state index in [0.717, 1.165) is 25.7 Å². The first kappa shape index (κ1) is 21.6. The van der Waals surface area contributed by atoms with Gasteiger partial charge in [0.25, 0.3) is 5.56 Å². The molecule has 0 atom stereocenters. The summed E-state index contributed by atoms with van der Waals surface area (Å²) in [7, 11) is 0. The molecular weight excluding hydrogens is 354 g/mol. The van der Waals surface area contributed by atoms with E-state index >= 15 is 0 Å². The lowest BCUT2D eigenvalue weighted by Gasteiger charge is -2.12. The Labute approximate surface area is 166 Å². The second kappa shape index (κ2) is 10.6. The van der Waals surface area contributed by atoms with Crippen LogP contribution < -0.4 is 15.0 Å². The molecule has 1 aromatic heterocycles. The number of fused-ring (bicyclic) bond motifs is 1. The largest absolute Gasteiger partial charge is 0.500 e. The van der Waals surface area contributed by atoms with Gasteiger partial charge in [0.15, 0.2) is 5.75 Å². The fraction of sp³-hybridized carbons (Fsp3) is 0.435. The third-order valence-corrected chi connectivity index (χ3v) is 4.43. The number of ether oxygens (including phenoxy) is 2. The fourth-order valence-electron chi connectivity index (χ4n) is 2.76. The van der Waals surface area contributed by atoms with Gasteiger partial charge < -0.3 is 19.6 Å². The Balaban J connectivity index is 2.10. The zero-order chi connectivity index (χ0) is 20.5. The molecular formula is C23H31NO4. The van der Waals surface area contributed by atoms with E-state index in [9.17, 15) is 9.90 Å². The molecule has 0 aliphatic carbocycles. The first-order valence-corrected chi connectivity index (χ1v) is 9.86. The number of benzene rings is 1. The first-order valence-electron chi connectivity index (χ1n) is 9.86. The second-order valence-corrected chi connectivity index (χ2v) is 7.22. The van der Waals surface area contributed by atoms with Gasteiger partial charge in [-0.1, -0.05) is 30.6 Å². The highest BCUT2D eigenvalue weighted by Gasteiger charge is 2.13. The third-order valence-electron chi connectivity index (χ3n) is 4.43. The summed E-state index contributed by atoms with van der Waals surface area (Å²) in [6.07, 6.45) is 8.17. The van der Waals surface area contributed by atoms with Crippen LogP contribution in [-0.4, -0.2) is 23.3 Å². The second-order valence-electron chi connectivity index (χ2n) is 7.22. The predicted molar refractivity (Wildman–Crippen MR) is 115 cm³/mol. The maximum absolute atomic E-state index is 12.0. The number of aromatic amines is 1. The molecule has 1 aromatic carbocycles. The summed E-state index contributed by atoms with van der Waals surface area (Å²) in [6.45, 7) is 9.29. The van der Waals surface area contributed by atoms with Crippen molar-refractivity contribution in [2.75, 3.05) is 13.2 Å². The Morgan fingerprint density at radius 1 is 1.18 bits per heavy atom. The molecule has 1 heterocycles. The highest BCUT2D eigenvalue weighted by atomic mass is 16.5. The Kier molecular flexibility index (Phi) is 8.18. The number of aromatic nitrogens is 1. The van der Waals surface area contributed by atoms with E-state index in [4.69, 9.17) is 9.47 Å². The number of aromatic hydroxyl groups is 1. The molecule has 5 nitrogen and oxygen atoms in total. The van der Waals surface area contributed by atoms with E-state index in [1.807, 2.05) is 6.07 Å². The summed E-state index contributed by atoms with van der Waals surface area (Å²) >= 11 is 0. The zero-order valence-corrected chi connectivity index (χ0v) is 17.3. The number of hydrogen-bond acceptors (Lipinski definition) is 4. The number of H-pyrrole nitrogens is 1. The minimum atomic E-state index is -0.564. The summed E-state index contributed by atoms with van der Waals surface area (Å²) < 4.78 is 11.5. The van der Waals surface area contributed by atoms with Crippen LogP contribution in [0.15, 0.2) is 46.3 Å². The standard InChI is InChI=1S/C23H31NO4/c1-5-6-13-28-22-19-11-10-18(15-20(19)24-23(26)21(22)25)27-14-12-17(4)9-7-8-16(2)3/h8,10-12,15,25H,5-7,9,13-14H2,1-4H3,(H,24,26)/b17-12+. The molecule has 0 saturated carbocycles. The Morgan fingerprint density at radius 3 is 2.68 bits per heavy atom. The lowest BCUT2D eigenvalue weighted by molar-refractivity contribution is 0.295. The van der Waals surface area contributed by atoms with Crippen LogP contribution in [0.2, 0.25) is 0 Å². The summed E-state index contributed by atoms with van der Waals surface area (Å²) in [6, 6.07) is 5.38. The van der Waals surface area contributed by atoms with Crippen LogP contribution in [-0.2, 0) is 0 Å². The molecule has 0 radical (unpaired) electrons. The molecule has 0 saturated heterocycles. The van der Waals surface area contributed by atoms with Gasteiger partial charge in [-0.3, -0.25) is 4.79 Å². The maximum atomic E-state index is 12.0. The van der Waals surface area contributed by atoms with Crippen molar-refractivity contribution in [3.05, 3.63) is 51.9 Å². The number of nitrogens with one attached hydrogen (secondary N) is 1. The normalized spacial score (nSPS) is 11.5. The van der Waals surface area contributed by atoms with Crippen molar-refractivity contribution >= 4 is 10.9 Å². The average Bonchev–Trinajstić information content (AvgIpc) is 2.64. The van der Waals surface area contributed by atoms with E-state index in [1.165, 1.54) is 11.1 Å². The zero-order valence-electron chi connectivity index (χ0n) is 17.3. The van der Waals surface area contributed by atoms with E-state index in [2.05, 4.69) is 44.8 Å². The van der Waals surface area contributed by atoms with Crippen LogP contribution in [0.1, 0.15) is 53.4 Å². The number of hydrogen-bond donors (Lipinski definition) is 2. The molecule has 0 aliphatic heterocycles. The fourth-order valence-corrected chi connectivity index (χ4v) is 2.76. The minimum absolute atomic E-state index is 0.230. The number of pyridine rings is 1. The summed E-state index contributed by atoms with van der Waals surface area (Å²) in [5.74, 6) is 0.502. The Morgan fingerprint density at radius 2 is 1.96 bits per heavy atom. The predicted octanol–water partition coefficient (Wildman–Crippen LogP) is 5.48. The lowest BCUT2D eigenvalue weighted by Crippen LogP contribution is -2.09. The van der Waals surface area contributed by atoms with Gasteiger partial charge in [-0.05, 0) is 58.2 Å². The highest BCUT2D eigenvalue weighted by Crippen LogP contribution is 2.32. The van der Waals surface area contributed by atoms with E-state index in [-0.39, 0.29) is 11.5 Å². The van der Waals surface area contributed by atoms with E-state index in [1.54, 1.807) is 12.1 Å². The molecule has 2 rings (SSSR count). The van der Waals surface area contributed by atoms with Crippen molar-refractivity contribution in [2.24, 2.45) is 0 Å². The van der Waals surface area contributed by atoms with Gasteiger partial charge in [0.1, 0.15) is 12.4 Å². The highest BCUT2D eigenvalue weighted by molar-refractivity contribution is 5.88. The summed E-state index contributed by atoms with van der Waals surface area (Å²) in [5, 5.41) is 10.7. The van der Waals surface area contributed by atoms with E-state index < -0.39 is 5.56 Å². The van der Waals surface area contributed by atoms with Gasteiger partial charge in [0.05, 0.1) is 12.1 Å². The van der Waals surface area contributed by atoms with Gasteiger partial charge in [-0.25, -0.2) is 0 Å². The smallest absolute Gasteiger partial charge is 0.294 e. The van der Waals surface area contributed by atoms with Crippen molar-refractivity contribution in [1.29, 1.82) is 0 Å². The molecule has 2 aromatic rings. The van der Waals surface area contributed by atoms with Gasteiger partial charge in [0.2, 0.25) is 5.75 Å². The maximum Gasteiger partial charge on any atom is 0.294 e. The van der Waals surface area contributed by atoms with Gasteiger partial charge in [0, 0.05) is 11.5 Å². The summed E-state index contributed by atoms with van der Waals surface area (Å²) in [4.78, 5) is 14.7. The van der Waals surface area contributed by atoms with Crippen LogP contribution in [0.5, 0.6) is 17.2 Å². The van der Waals surface area contributed by atoms with Crippen LogP contribution in [0.3, 0.4) is 0 Å². The van der Waals surface area contributed by atoms with Crippen LogP contribution in [0, 0.1) is 0 Å². The molecule has 152 valence electrons. The molecule has 0 bridgehead atoms. The Hall–Kier alpha value is -2.69. The average molecular weight is 386 g/mol. The van der Waals surface area contributed by atoms with Crippen LogP contribution in [0.25, 0.3) is 10.9 Å². The minimum Gasteiger partial charge on any atom is -0.500 e. The van der Waals surface area contributed by atoms with Crippen molar-refractivity contribution < 1.29 is 14.6 Å². The SMILES string of the molecule is CCCCOc1c(O)c(=O)[nH]c2cc(OC/C=C(\C)CCC=C(C)C)ccc12. The monoisotopic (exact) mass is 385 g/mol. The number of rotatable bonds is 10.